The van der Waals surface area contributed by atoms with Gasteiger partial charge in [-0.05, 0) is 35.4 Å². The van der Waals surface area contributed by atoms with E-state index in [1.165, 1.54) is 48.4 Å². The summed E-state index contributed by atoms with van der Waals surface area (Å²) in [6, 6.07) is 59.7. The molecule has 4 nitrogen and oxygen atoms in total. The predicted molar refractivity (Wildman–Crippen MR) is 209 cm³/mol. The van der Waals surface area contributed by atoms with E-state index in [9.17, 15) is 0 Å². The number of aromatic nitrogens is 4. The predicted octanol–water partition coefficient (Wildman–Crippen LogP) is 12.0. The van der Waals surface area contributed by atoms with E-state index < -0.39 is 0 Å². The molecule has 0 saturated heterocycles. The summed E-state index contributed by atoms with van der Waals surface area (Å²) in [6.45, 7) is 0. The molecule has 0 unspecified atom stereocenters. The van der Waals surface area contributed by atoms with Crippen molar-refractivity contribution in [1.29, 1.82) is 0 Å². The lowest BCUT2D eigenvalue weighted by Gasteiger charge is -2.10. The third kappa shape index (κ3) is 4.63. The molecule has 10 aromatic rings. The van der Waals surface area contributed by atoms with E-state index in [-0.39, 0.29) is 0 Å². The second-order valence-corrected chi connectivity index (χ2v) is 13.4. The molecule has 10 rings (SSSR count). The molecule has 234 valence electrons. The molecule has 3 aromatic heterocycles. The van der Waals surface area contributed by atoms with Crippen molar-refractivity contribution in [2.24, 2.45) is 0 Å². The van der Waals surface area contributed by atoms with E-state index in [0.29, 0.717) is 17.5 Å². The fourth-order valence-electron chi connectivity index (χ4n) is 7.13. The van der Waals surface area contributed by atoms with Crippen LogP contribution in [-0.4, -0.2) is 19.5 Å². The average molecular weight is 657 g/mol. The maximum atomic E-state index is 5.09. The highest BCUT2D eigenvalue weighted by Crippen LogP contribution is 2.44. The molecule has 0 amide bonds. The molecule has 0 bridgehead atoms. The second kappa shape index (κ2) is 11.6. The zero-order valence-electron chi connectivity index (χ0n) is 26.9. The van der Waals surface area contributed by atoms with Crippen LogP contribution < -0.4 is 0 Å². The zero-order valence-corrected chi connectivity index (χ0v) is 27.7. The van der Waals surface area contributed by atoms with Crippen LogP contribution in [-0.2, 0) is 0 Å². The van der Waals surface area contributed by atoms with Gasteiger partial charge in [0.1, 0.15) is 0 Å². The maximum Gasteiger partial charge on any atom is 0.165 e. The molecule has 0 atom stereocenters. The monoisotopic (exact) mass is 656 g/mol. The summed E-state index contributed by atoms with van der Waals surface area (Å²) in [7, 11) is 0. The smallest absolute Gasteiger partial charge is 0.165 e. The molecule has 5 heteroatoms. The van der Waals surface area contributed by atoms with Gasteiger partial charge in [-0.25, -0.2) is 15.0 Å². The van der Waals surface area contributed by atoms with Crippen molar-refractivity contribution in [3.8, 4) is 51.0 Å². The average Bonchev–Trinajstić information content (AvgIpc) is 3.74. The molecule has 0 saturated carbocycles. The summed E-state index contributed by atoms with van der Waals surface area (Å²) in [5, 5.41) is 4.90. The minimum Gasteiger partial charge on any atom is -0.308 e. The quantitative estimate of drug-likeness (QED) is 0.185. The molecule has 3 heterocycles. The summed E-state index contributed by atoms with van der Waals surface area (Å²) in [4.78, 5) is 15.1. The van der Waals surface area contributed by atoms with Crippen LogP contribution in [0.15, 0.2) is 170 Å². The minimum atomic E-state index is 0.660. The molecule has 0 radical (unpaired) electrons. The largest absolute Gasteiger partial charge is 0.308 e. The molecule has 0 aliphatic heterocycles. The van der Waals surface area contributed by atoms with E-state index in [0.717, 1.165) is 27.1 Å². The number of fused-ring (bicyclic) bond motifs is 6. The second-order valence-electron chi connectivity index (χ2n) is 12.4. The van der Waals surface area contributed by atoms with Crippen LogP contribution in [0.5, 0.6) is 0 Å². The van der Waals surface area contributed by atoms with Crippen LogP contribution in [0.25, 0.3) is 93.0 Å². The van der Waals surface area contributed by atoms with E-state index in [2.05, 4.69) is 138 Å². The van der Waals surface area contributed by atoms with Crippen LogP contribution in [0, 0.1) is 0 Å². The lowest BCUT2D eigenvalue weighted by Crippen LogP contribution is -2.00. The maximum absolute atomic E-state index is 5.09. The Morgan fingerprint density at radius 3 is 1.60 bits per heavy atom. The number of rotatable bonds is 5. The van der Waals surface area contributed by atoms with Crippen LogP contribution in [0.2, 0.25) is 0 Å². The van der Waals surface area contributed by atoms with Crippen molar-refractivity contribution in [1.82, 2.24) is 19.5 Å². The Kier molecular flexibility index (Phi) is 6.64. The number of para-hydroxylation sites is 1. The number of thiophene rings is 1. The van der Waals surface area contributed by atoms with Crippen LogP contribution in [0.3, 0.4) is 0 Å². The Labute approximate surface area is 292 Å². The van der Waals surface area contributed by atoms with Crippen LogP contribution in [0.4, 0.5) is 0 Å². The van der Waals surface area contributed by atoms with Gasteiger partial charge in [0.15, 0.2) is 17.5 Å². The fraction of sp³-hybridized carbons (Fsp3) is 0. The van der Waals surface area contributed by atoms with E-state index >= 15 is 0 Å². The lowest BCUT2D eigenvalue weighted by atomic mass is 10.0. The topological polar surface area (TPSA) is 43.6 Å². The Morgan fingerprint density at radius 2 is 0.900 bits per heavy atom. The number of benzene rings is 7. The van der Waals surface area contributed by atoms with E-state index in [1.54, 1.807) is 0 Å². The Bertz CT molecular complexity index is 2800. The molecule has 0 aliphatic carbocycles. The van der Waals surface area contributed by atoms with E-state index in [4.69, 9.17) is 15.0 Å². The van der Waals surface area contributed by atoms with Crippen molar-refractivity contribution in [3.63, 3.8) is 0 Å². The highest BCUT2D eigenvalue weighted by atomic mass is 32.1. The highest BCUT2D eigenvalue weighted by Gasteiger charge is 2.20. The van der Waals surface area contributed by atoms with Gasteiger partial charge in [-0.1, -0.05) is 146 Å². The number of nitrogens with zero attached hydrogens (tertiary/aromatic N) is 4. The third-order valence-corrected chi connectivity index (χ3v) is 10.7. The molecule has 0 spiro atoms. The summed E-state index contributed by atoms with van der Waals surface area (Å²) in [6.07, 6.45) is 0. The summed E-state index contributed by atoms with van der Waals surface area (Å²) in [5.41, 5.74) is 8.87. The van der Waals surface area contributed by atoms with Crippen LogP contribution >= 0.6 is 11.3 Å². The zero-order chi connectivity index (χ0) is 33.0. The normalized spacial score (nSPS) is 11.6. The molecule has 0 aliphatic rings. The van der Waals surface area contributed by atoms with Gasteiger partial charge < -0.3 is 4.57 Å². The Balaban J connectivity index is 1.22. The summed E-state index contributed by atoms with van der Waals surface area (Å²) in [5.74, 6) is 1.99. The summed E-state index contributed by atoms with van der Waals surface area (Å²) < 4.78 is 4.83. The lowest BCUT2D eigenvalue weighted by molar-refractivity contribution is 1.08. The van der Waals surface area contributed by atoms with Gasteiger partial charge >= 0.3 is 0 Å². The molecule has 0 fully saturated rings. The first-order valence-corrected chi connectivity index (χ1v) is 17.5. The standard InChI is InChI=1S/C45H28N4S/c1-4-14-29(15-5-1)32-26-27-34-33-20-10-11-24-38(33)49(40(34)28-32)39-25-13-22-36-35-21-12-23-37(41(35)50-42(36)39)45-47-43(30-16-6-2-7-17-30)46-44(48-45)31-18-8-3-9-19-31/h1-28H. The Morgan fingerprint density at radius 1 is 0.360 bits per heavy atom. The summed E-state index contributed by atoms with van der Waals surface area (Å²) >= 11 is 1.81. The van der Waals surface area contributed by atoms with E-state index in [1.807, 2.05) is 47.7 Å². The molecular formula is C45H28N4S. The van der Waals surface area contributed by atoms with Gasteiger partial charge in [0.25, 0.3) is 0 Å². The molecule has 50 heavy (non-hydrogen) atoms. The van der Waals surface area contributed by atoms with Crippen molar-refractivity contribution >= 4 is 53.3 Å². The first-order chi connectivity index (χ1) is 24.8. The fourth-order valence-corrected chi connectivity index (χ4v) is 8.44. The van der Waals surface area contributed by atoms with Gasteiger partial charge in [-0.2, -0.15) is 0 Å². The highest BCUT2D eigenvalue weighted by molar-refractivity contribution is 7.26. The van der Waals surface area contributed by atoms with Crippen LogP contribution in [0.1, 0.15) is 0 Å². The van der Waals surface area contributed by atoms with Gasteiger partial charge in [0, 0.05) is 42.9 Å². The van der Waals surface area contributed by atoms with Crippen molar-refractivity contribution in [2.45, 2.75) is 0 Å². The first-order valence-electron chi connectivity index (χ1n) is 16.7. The molecule has 0 N–H and O–H groups in total. The van der Waals surface area contributed by atoms with Gasteiger partial charge in [0.2, 0.25) is 0 Å². The minimum absolute atomic E-state index is 0.660. The molecule has 7 aromatic carbocycles. The third-order valence-electron chi connectivity index (χ3n) is 9.47. The van der Waals surface area contributed by atoms with Gasteiger partial charge in [-0.15, -0.1) is 11.3 Å². The van der Waals surface area contributed by atoms with Crippen molar-refractivity contribution in [2.75, 3.05) is 0 Å². The molecular weight excluding hydrogens is 629 g/mol. The van der Waals surface area contributed by atoms with Crippen molar-refractivity contribution < 1.29 is 0 Å². The first kappa shape index (κ1) is 28.6. The van der Waals surface area contributed by atoms with Gasteiger partial charge in [0.05, 0.1) is 21.4 Å². The Hall–Kier alpha value is -6.43. The number of hydrogen-bond acceptors (Lipinski definition) is 4. The number of hydrogen-bond donors (Lipinski definition) is 0. The van der Waals surface area contributed by atoms with Gasteiger partial charge in [-0.3, -0.25) is 0 Å². The SMILES string of the molecule is c1ccc(-c2ccc3c4ccccc4n(-c4cccc5c4sc4c(-c6nc(-c7ccccc7)nc(-c7ccccc7)n6)cccc45)c3c2)cc1. The van der Waals surface area contributed by atoms with Crippen molar-refractivity contribution in [3.05, 3.63) is 170 Å².